The molecule has 0 fully saturated rings. The van der Waals surface area contributed by atoms with E-state index in [0.29, 0.717) is 0 Å². The Morgan fingerprint density at radius 2 is 0.893 bits per heavy atom. The first-order valence-corrected chi connectivity index (χ1v) is 10.4. The summed E-state index contributed by atoms with van der Waals surface area (Å²) >= 11 is 2.02. The minimum atomic E-state index is -0.750. The second kappa shape index (κ2) is 21.3. The van der Waals surface area contributed by atoms with E-state index in [2.05, 4.69) is 25.7 Å². The van der Waals surface area contributed by atoms with Crippen molar-refractivity contribution >= 4 is 0 Å². The molecule has 4 heteroatoms. The van der Waals surface area contributed by atoms with Crippen molar-refractivity contribution in [3.63, 3.8) is 0 Å². The predicted octanol–water partition coefficient (Wildman–Crippen LogP) is 4.59. The molecule has 0 aliphatic rings. The predicted molar refractivity (Wildman–Crippen MR) is 117 cm³/mol. The monoisotopic (exact) mass is 430 g/mol. The van der Waals surface area contributed by atoms with Crippen LogP contribution in [0, 0.1) is 0 Å². The Kier molecular flexibility index (Phi) is 29.0. The maximum absolute atomic E-state index is 10.1. The molecule has 0 aromatic rings. The fraction of sp³-hybridized carbons (Fsp3) is 0.667. The van der Waals surface area contributed by atoms with Gasteiger partial charge in [0.15, 0.2) is 0 Å². The average molecular weight is 430 g/mol. The molecule has 0 saturated carbocycles. The Bertz CT molecular complexity index is 380. The Morgan fingerprint density at radius 1 is 0.679 bits per heavy atom. The molecule has 0 rings (SSSR count). The van der Waals surface area contributed by atoms with Gasteiger partial charge < -0.3 is 15.3 Å². The molecule has 0 bridgehead atoms. The Labute approximate surface area is 188 Å². The molecule has 164 valence electrons. The first-order valence-electron chi connectivity index (χ1n) is 9.45. The van der Waals surface area contributed by atoms with Crippen LogP contribution in [0.5, 0.6) is 0 Å². The molecule has 0 atom stereocenters. The van der Waals surface area contributed by atoms with Crippen molar-refractivity contribution in [2.75, 3.05) is 0 Å². The van der Waals surface area contributed by atoms with Crippen molar-refractivity contribution in [2.24, 2.45) is 0 Å². The molecular weight excluding hydrogens is 384 g/mol. The fourth-order valence-electron chi connectivity index (χ4n) is 0.346. The molecule has 28 heavy (non-hydrogen) atoms. The van der Waals surface area contributed by atoms with Crippen LogP contribution in [0.25, 0.3) is 0 Å². The summed E-state index contributed by atoms with van der Waals surface area (Å²) in [5, 5.41) is 30.3. The van der Waals surface area contributed by atoms with Crippen molar-refractivity contribution in [1.82, 2.24) is 0 Å². The van der Waals surface area contributed by atoms with E-state index in [0.717, 1.165) is 0 Å². The van der Waals surface area contributed by atoms with Gasteiger partial charge in [0, 0.05) is 0 Å². The second-order valence-corrected chi connectivity index (χ2v) is 9.46. The summed E-state index contributed by atoms with van der Waals surface area (Å²) in [6, 6.07) is 0. The topological polar surface area (TPSA) is 69.2 Å². The second-order valence-electron chi connectivity index (χ2n) is 8.94. The van der Waals surface area contributed by atoms with E-state index in [4.69, 9.17) is 0 Å². The van der Waals surface area contributed by atoms with Gasteiger partial charge in [0.25, 0.3) is 0 Å². The van der Waals surface area contributed by atoms with Gasteiger partial charge in [0.05, 0.1) is 0 Å². The Balaban J connectivity index is -0.0000000793. The van der Waals surface area contributed by atoms with Gasteiger partial charge in [-0.05, 0) is 13.8 Å². The summed E-state index contributed by atoms with van der Waals surface area (Å²) in [6.45, 7) is 26.4. The number of allylic oxidation sites excluding steroid dienone is 6. The van der Waals surface area contributed by atoms with E-state index in [9.17, 15) is 15.3 Å². The SMILES string of the molecule is C=CC(C)=CC.CC(C)(C)[O-].CC(C)(C)[O-].CC(C)(C)[O-].CC=C(C)C=[CH][Ti+3]. The molecule has 0 aromatic carbocycles. The number of rotatable bonds is 2. The van der Waals surface area contributed by atoms with Crippen molar-refractivity contribution in [3.05, 3.63) is 46.4 Å². The van der Waals surface area contributed by atoms with Gasteiger partial charge in [-0.2, -0.15) is 0 Å². The van der Waals surface area contributed by atoms with Crippen LogP contribution in [0.15, 0.2) is 46.4 Å². The van der Waals surface area contributed by atoms with Crippen molar-refractivity contribution < 1.29 is 35.8 Å². The third kappa shape index (κ3) is 211. The molecule has 0 aromatic heterocycles. The minimum absolute atomic E-state index is 0.750. The van der Waals surface area contributed by atoms with Gasteiger partial charge in [-0.3, -0.25) is 0 Å². The Morgan fingerprint density at radius 3 is 0.929 bits per heavy atom. The summed E-state index contributed by atoms with van der Waals surface area (Å²) in [5.41, 5.74) is 0.303. The zero-order valence-corrected chi connectivity index (χ0v) is 22.4. The summed E-state index contributed by atoms with van der Waals surface area (Å²) in [6.07, 6.45) is 8.02. The first kappa shape index (κ1) is 38.2. The third-order valence-electron chi connectivity index (χ3n) is 1.58. The van der Waals surface area contributed by atoms with Crippen LogP contribution in [0.3, 0.4) is 0 Å². The molecule has 0 amide bonds. The standard InChI is InChI=1S/C6H10.C6H9.3C4H9O.Ti/c2*1-4-6(3)5-2;3*1-4(2,3)5;/h4-5H,1H2,2-3H3;1,4-5H,2-3H3;3*1-3H3;/q;;3*-1;+3. The van der Waals surface area contributed by atoms with Gasteiger partial charge >= 0.3 is 56.4 Å². The van der Waals surface area contributed by atoms with Gasteiger partial charge in [-0.15, -0.1) is 16.8 Å². The van der Waals surface area contributed by atoms with E-state index in [1.807, 2.05) is 57.7 Å². The summed E-state index contributed by atoms with van der Waals surface area (Å²) in [4.78, 5) is 0. The van der Waals surface area contributed by atoms with E-state index in [1.165, 1.54) is 11.1 Å². The molecule has 0 heterocycles. The van der Waals surface area contributed by atoms with Crippen LogP contribution in [0.1, 0.15) is 90.0 Å². The van der Waals surface area contributed by atoms with Crippen LogP contribution >= 0.6 is 0 Å². The molecule has 0 spiro atoms. The quantitative estimate of drug-likeness (QED) is 0.475. The van der Waals surface area contributed by atoms with Crippen LogP contribution in [-0.4, -0.2) is 16.8 Å². The van der Waals surface area contributed by atoms with E-state index in [-0.39, 0.29) is 0 Å². The molecular formula is C24H46O3Ti. The van der Waals surface area contributed by atoms with Gasteiger partial charge in [0.2, 0.25) is 0 Å². The van der Waals surface area contributed by atoms with Crippen LogP contribution in [-0.2, 0) is 20.4 Å². The van der Waals surface area contributed by atoms with Gasteiger partial charge in [-0.25, -0.2) is 0 Å². The molecule has 0 aliphatic carbocycles. The van der Waals surface area contributed by atoms with E-state index >= 15 is 0 Å². The van der Waals surface area contributed by atoms with Crippen LogP contribution in [0.2, 0.25) is 0 Å². The van der Waals surface area contributed by atoms with Gasteiger partial charge in [-0.1, -0.05) is 86.6 Å². The molecule has 0 radical (unpaired) electrons. The summed E-state index contributed by atoms with van der Waals surface area (Å²) in [7, 11) is 0. The number of hydrogen-bond donors (Lipinski definition) is 0. The summed E-state index contributed by atoms with van der Waals surface area (Å²) in [5.74, 6) is 0. The normalized spacial score (nSPS) is 12.2. The van der Waals surface area contributed by atoms with Crippen LogP contribution < -0.4 is 15.3 Å². The molecule has 0 unspecified atom stereocenters. The third-order valence-corrected chi connectivity index (χ3v) is 1.84. The van der Waals surface area contributed by atoms with Crippen LogP contribution in [0.4, 0.5) is 0 Å². The zero-order valence-electron chi connectivity index (χ0n) is 20.8. The van der Waals surface area contributed by atoms with E-state index in [1.54, 1.807) is 62.3 Å². The fourth-order valence-corrected chi connectivity index (χ4v) is 0.756. The first-order chi connectivity index (χ1) is 12.1. The Hall–Kier alpha value is -0.446. The van der Waals surface area contributed by atoms with E-state index < -0.39 is 16.8 Å². The number of hydrogen-bond acceptors (Lipinski definition) is 3. The average Bonchev–Trinajstić information content (AvgIpc) is 2.42. The van der Waals surface area contributed by atoms with Crippen molar-refractivity contribution in [1.29, 1.82) is 0 Å². The molecule has 0 N–H and O–H groups in total. The molecule has 3 nitrogen and oxygen atoms in total. The molecule has 0 saturated heterocycles. The summed E-state index contributed by atoms with van der Waals surface area (Å²) < 4.78 is 2.04. The zero-order chi connectivity index (χ0) is 24.2. The maximum atomic E-state index is 10.1. The van der Waals surface area contributed by atoms with Gasteiger partial charge in [0.1, 0.15) is 0 Å². The van der Waals surface area contributed by atoms with Crippen molar-refractivity contribution in [3.8, 4) is 0 Å². The molecule has 0 aliphatic heterocycles. The van der Waals surface area contributed by atoms with Crippen molar-refractivity contribution in [2.45, 2.75) is 107 Å².